The van der Waals surface area contributed by atoms with Gasteiger partial charge in [0.05, 0.1) is 30.4 Å². The molecule has 0 atom stereocenters. The van der Waals surface area contributed by atoms with E-state index in [2.05, 4.69) is 6.07 Å². The summed E-state index contributed by atoms with van der Waals surface area (Å²) in [5, 5.41) is 8.91. The fourth-order valence-electron chi connectivity index (χ4n) is 3.17. The van der Waals surface area contributed by atoms with Gasteiger partial charge in [-0.3, -0.25) is 4.79 Å². The summed E-state index contributed by atoms with van der Waals surface area (Å²) in [5.74, 6) is 0.0787. The van der Waals surface area contributed by atoms with Crippen LogP contribution in [0.15, 0.2) is 18.2 Å². The number of carbonyl (C=O) groups excluding carboxylic acids is 1. The van der Waals surface area contributed by atoms with Crippen molar-refractivity contribution in [3.8, 4) is 6.07 Å². The molecule has 2 fully saturated rings. The van der Waals surface area contributed by atoms with E-state index in [4.69, 9.17) is 10.00 Å². The highest BCUT2D eigenvalue weighted by Crippen LogP contribution is 2.40. The number of morpholine rings is 1. The van der Waals surface area contributed by atoms with Gasteiger partial charge in [-0.2, -0.15) is 5.26 Å². The number of benzene rings is 1. The molecule has 1 aliphatic carbocycles. The standard InChI is InChI=1S/C16H18N2O2/c1-12-9-13(10-17)3-4-14(12)15(19)18-7-8-20-11-16(18)5-2-6-16/h3-4,9H,2,5-8,11H2,1H3. The van der Waals surface area contributed by atoms with E-state index in [1.165, 1.54) is 6.42 Å². The lowest BCUT2D eigenvalue weighted by atomic mass is 9.75. The Bertz CT molecular complexity index is 585. The monoisotopic (exact) mass is 270 g/mol. The van der Waals surface area contributed by atoms with Crippen LogP contribution in [0, 0.1) is 18.3 Å². The molecule has 1 aliphatic heterocycles. The molecule has 2 aliphatic rings. The Morgan fingerprint density at radius 1 is 1.45 bits per heavy atom. The molecule has 1 heterocycles. The molecule has 4 nitrogen and oxygen atoms in total. The molecule has 3 rings (SSSR count). The van der Waals surface area contributed by atoms with E-state index in [-0.39, 0.29) is 11.4 Å². The molecule has 20 heavy (non-hydrogen) atoms. The quantitative estimate of drug-likeness (QED) is 0.786. The maximum Gasteiger partial charge on any atom is 0.254 e. The molecule has 1 aromatic carbocycles. The second-order valence-electron chi connectivity index (χ2n) is 5.73. The van der Waals surface area contributed by atoms with E-state index >= 15 is 0 Å². The summed E-state index contributed by atoms with van der Waals surface area (Å²) in [6, 6.07) is 7.38. The second-order valence-corrected chi connectivity index (χ2v) is 5.73. The summed E-state index contributed by atoms with van der Waals surface area (Å²) < 4.78 is 5.57. The van der Waals surface area contributed by atoms with Gasteiger partial charge < -0.3 is 9.64 Å². The van der Waals surface area contributed by atoms with Crippen molar-refractivity contribution in [2.75, 3.05) is 19.8 Å². The maximum atomic E-state index is 12.8. The smallest absolute Gasteiger partial charge is 0.254 e. The van der Waals surface area contributed by atoms with Crippen LogP contribution in [0.4, 0.5) is 0 Å². The molecule has 1 amide bonds. The maximum absolute atomic E-state index is 12.8. The van der Waals surface area contributed by atoms with Crippen LogP contribution in [-0.2, 0) is 4.74 Å². The number of amides is 1. The van der Waals surface area contributed by atoms with Crippen LogP contribution >= 0.6 is 0 Å². The number of hydrogen-bond donors (Lipinski definition) is 0. The summed E-state index contributed by atoms with van der Waals surface area (Å²) in [6.07, 6.45) is 3.24. The predicted octanol–water partition coefficient (Wildman–Crippen LogP) is 2.26. The van der Waals surface area contributed by atoms with Crippen molar-refractivity contribution >= 4 is 5.91 Å². The molecule has 0 unspecified atom stereocenters. The zero-order valence-corrected chi connectivity index (χ0v) is 11.7. The van der Waals surface area contributed by atoms with E-state index < -0.39 is 0 Å². The largest absolute Gasteiger partial charge is 0.377 e. The van der Waals surface area contributed by atoms with E-state index in [0.717, 1.165) is 18.4 Å². The van der Waals surface area contributed by atoms with Crippen molar-refractivity contribution in [3.63, 3.8) is 0 Å². The highest BCUT2D eigenvalue weighted by molar-refractivity contribution is 5.96. The molecule has 0 aromatic heterocycles. The van der Waals surface area contributed by atoms with Crippen molar-refractivity contribution in [3.05, 3.63) is 34.9 Å². The van der Waals surface area contributed by atoms with Crippen LogP contribution in [0.2, 0.25) is 0 Å². The average Bonchev–Trinajstić information content (AvgIpc) is 2.44. The molecule has 1 saturated carbocycles. The molecule has 0 N–H and O–H groups in total. The zero-order valence-electron chi connectivity index (χ0n) is 11.7. The predicted molar refractivity (Wildman–Crippen MR) is 74.3 cm³/mol. The lowest BCUT2D eigenvalue weighted by Crippen LogP contribution is -2.62. The molecule has 0 radical (unpaired) electrons. The second kappa shape index (κ2) is 4.92. The Morgan fingerprint density at radius 3 is 2.85 bits per heavy atom. The fraction of sp³-hybridized carbons (Fsp3) is 0.500. The Kier molecular flexibility index (Phi) is 3.23. The highest BCUT2D eigenvalue weighted by atomic mass is 16.5. The molecule has 1 saturated heterocycles. The number of rotatable bonds is 1. The molecule has 0 bridgehead atoms. The molecule has 1 spiro atoms. The van der Waals surface area contributed by atoms with Gasteiger partial charge in [-0.25, -0.2) is 0 Å². The number of ether oxygens (including phenoxy) is 1. The minimum Gasteiger partial charge on any atom is -0.377 e. The molecular formula is C16H18N2O2. The normalized spacial score (nSPS) is 20.3. The van der Waals surface area contributed by atoms with Gasteiger partial charge >= 0.3 is 0 Å². The van der Waals surface area contributed by atoms with E-state index in [1.54, 1.807) is 18.2 Å². The minimum atomic E-state index is -0.0737. The minimum absolute atomic E-state index is 0.0737. The molecular weight excluding hydrogens is 252 g/mol. The van der Waals surface area contributed by atoms with Crippen LogP contribution in [-0.4, -0.2) is 36.1 Å². The zero-order chi connectivity index (χ0) is 14.2. The van der Waals surface area contributed by atoms with Crippen LogP contribution in [0.1, 0.15) is 40.7 Å². The number of nitrogens with zero attached hydrogens (tertiary/aromatic N) is 2. The van der Waals surface area contributed by atoms with Gasteiger partial charge in [-0.1, -0.05) is 0 Å². The highest BCUT2D eigenvalue weighted by Gasteiger charge is 2.47. The third-order valence-electron chi connectivity index (χ3n) is 4.52. The van der Waals surface area contributed by atoms with Crippen molar-refractivity contribution in [2.24, 2.45) is 0 Å². The van der Waals surface area contributed by atoms with Crippen LogP contribution in [0.25, 0.3) is 0 Å². The van der Waals surface area contributed by atoms with Crippen molar-refractivity contribution in [1.29, 1.82) is 5.26 Å². The Hall–Kier alpha value is -1.86. The topological polar surface area (TPSA) is 53.3 Å². The first-order chi connectivity index (χ1) is 9.66. The van der Waals surface area contributed by atoms with Crippen LogP contribution in [0.5, 0.6) is 0 Å². The summed E-state index contributed by atoms with van der Waals surface area (Å²) in [7, 11) is 0. The summed E-state index contributed by atoms with van der Waals surface area (Å²) in [5.41, 5.74) is 2.10. The number of hydrogen-bond acceptors (Lipinski definition) is 3. The number of nitriles is 1. The first kappa shape index (κ1) is 13.1. The summed E-state index contributed by atoms with van der Waals surface area (Å²) in [4.78, 5) is 14.8. The van der Waals surface area contributed by atoms with Gasteiger partial charge in [0.15, 0.2) is 0 Å². The average molecular weight is 270 g/mol. The third-order valence-corrected chi connectivity index (χ3v) is 4.52. The van der Waals surface area contributed by atoms with Gasteiger partial charge in [0.1, 0.15) is 0 Å². The van der Waals surface area contributed by atoms with E-state index in [9.17, 15) is 4.79 Å². The number of carbonyl (C=O) groups is 1. The fourth-order valence-corrected chi connectivity index (χ4v) is 3.17. The molecule has 4 heteroatoms. The van der Waals surface area contributed by atoms with Crippen LogP contribution < -0.4 is 0 Å². The van der Waals surface area contributed by atoms with Gasteiger partial charge in [-0.05, 0) is 49.9 Å². The Balaban J connectivity index is 1.90. The lowest BCUT2D eigenvalue weighted by molar-refractivity contribution is -0.0877. The first-order valence-electron chi connectivity index (χ1n) is 7.07. The first-order valence-corrected chi connectivity index (χ1v) is 7.07. The van der Waals surface area contributed by atoms with Gasteiger partial charge in [0.25, 0.3) is 5.91 Å². The van der Waals surface area contributed by atoms with Crippen molar-refractivity contribution in [1.82, 2.24) is 4.90 Å². The van der Waals surface area contributed by atoms with E-state index in [1.807, 2.05) is 11.8 Å². The van der Waals surface area contributed by atoms with Gasteiger partial charge in [-0.15, -0.1) is 0 Å². The third kappa shape index (κ3) is 1.99. The van der Waals surface area contributed by atoms with Crippen molar-refractivity contribution < 1.29 is 9.53 Å². The van der Waals surface area contributed by atoms with E-state index in [0.29, 0.717) is 30.9 Å². The van der Waals surface area contributed by atoms with Crippen LogP contribution in [0.3, 0.4) is 0 Å². The summed E-state index contributed by atoms with van der Waals surface area (Å²) >= 11 is 0. The van der Waals surface area contributed by atoms with Gasteiger partial charge in [0.2, 0.25) is 0 Å². The Morgan fingerprint density at radius 2 is 2.25 bits per heavy atom. The molecule has 104 valence electrons. The van der Waals surface area contributed by atoms with Crippen molar-refractivity contribution in [2.45, 2.75) is 31.7 Å². The SMILES string of the molecule is Cc1cc(C#N)ccc1C(=O)N1CCOCC12CCC2. The number of aryl methyl sites for hydroxylation is 1. The lowest BCUT2D eigenvalue weighted by Gasteiger charge is -2.52. The van der Waals surface area contributed by atoms with Gasteiger partial charge in [0, 0.05) is 12.1 Å². The summed E-state index contributed by atoms with van der Waals surface area (Å²) in [6.45, 7) is 3.83. The Labute approximate surface area is 118 Å². The molecule has 1 aromatic rings.